The van der Waals surface area contributed by atoms with Crippen LogP contribution in [0.4, 0.5) is 0 Å². The zero-order valence-electron chi connectivity index (χ0n) is 11.3. The van der Waals surface area contributed by atoms with Gasteiger partial charge in [-0.15, -0.1) is 0 Å². The zero-order chi connectivity index (χ0) is 15.3. The Labute approximate surface area is 115 Å². The van der Waals surface area contributed by atoms with Gasteiger partial charge >= 0.3 is 5.97 Å². The number of nitrogens with two attached hydrogens (primary N) is 1. The molecule has 8 nitrogen and oxygen atoms in total. The highest BCUT2D eigenvalue weighted by Crippen LogP contribution is 2.12. The molecule has 0 aliphatic rings. The second-order valence-corrected chi connectivity index (χ2v) is 4.44. The number of aryl methyl sites for hydroxylation is 2. The molecule has 1 atom stereocenters. The summed E-state index contributed by atoms with van der Waals surface area (Å²) in [5.41, 5.74) is 6.17. The van der Waals surface area contributed by atoms with Crippen LogP contribution in [-0.2, 0) is 20.8 Å². The molecule has 110 valence electrons. The van der Waals surface area contributed by atoms with E-state index in [1.807, 2.05) is 0 Å². The van der Waals surface area contributed by atoms with E-state index in [2.05, 4.69) is 10.5 Å². The first-order valence-electron chi connectivity index (χ1n) is 6.03. The number of amides is 2. The van der Waals surface area contributed by atoms with Crippen molar-refractivity contribution in [2.24, 2.45) is 5.73 Å². The van der Waals surface area contributed by atoms with Gasteiger partial charge in [-0.1, -0.05) is 5.16 Å². The van der Waals surface area contributed by atoms with Crippen LogP contribution in [0.2, 0.25) is 0 Å². The number of rotatable bonds is 7. The smallest absolute Gasteiger partial charge is 0.326 e. The normalized spacial score (nSPS) is 11.9. The van der Waals surface area contributed by atoms with Crippen molar-refractivity contribution in [3.05, 3.63) is 17.0 Å². The molecule has 20 heavy (non-hydrogen) atoms. The number of carbonyl (C=O) groups excluding carboxylic acids is 2. The molecule has 0 aliphatic carbocycles. The summed E-state index contributed by atoms with van der Waals surface area (Å²) < 4.78 is 4.92. The van der Waals surface area contributed by atoms with E-state index in [-0.39, 0.29) is 19.3 Å². The van der Waals surface area contributed by atoms with E-state index in [0.717, 1.165) is 0 Å². The lowest BCUT2D eigenvalue weighted by Gasteiger charge is -2.13. The third-order valence-electron chi connectivity index (χ3n) is 2.83. The molecule has 0 aromatic carbocycles. The molecule has 1 heterocycles. The van der Waals surface area contributed by atoms with Crippen molar-refractivity contribution in [1.29, 1.82) is 0 Å². The van der Waals surface area contributed by atoms with Crippen molar-refractivity contribution in [2.45, 2.75) is 39.2 Å². The van der Waals surface area contributed by atoms with Crippen molar-refractivity contribution >= 4 is 17.8 Å². The van der Waals surface area contributed by atoms with Crippen molar-refractivity contribution < 1.29 is 24.0 Å². The van der Waals surface area contributed by atoms with Crippen molar-refractivity contribution in [2.75, 3.05) is 0 Å². The molecule has 0 spiro atoms. The van der Waals surface area contributed by atoms with E-state index in [4.69, 9.17) is 15.4 Å². The minimum Gasteiger partial charge on any atom is -0.480 e. The quantitative estimate of drug-likeness (QED) is 0.626. The number of nitrogens with zero attached hydrogens (tertiary/aromatic N) is 1. The topological polar surface area (TPSA) is 136 Å². The Balaban J connectivity index is 2.62. The van der Waals surface area contributed by atoms with Crippen molar-refractivity contribution in [3.8, 4) is 0 Å². The lowest BCUT2D eigenvalue weighted by atomic mass is 10.1. The van der Waals surface area contributed by atoms with Crippen LogP contribution in [0.25, 0.3) is 0 Å². The van der Waals surface area contributed by atoms with Gasteiger partial charge in [-0.3, -0.25) is 9.59 Å². The number of carbonyl (C=O) groups is 3. The van der Waals surface area contributed by atoms with Crippen LogP contribution in [0, 0.1) is 13.8 Å². The predicted octanol–water partition coefficient (Wildman–Crippen LogP) is -0.331. The summed E-state index contributed by atoms with van der Waals surface area (Å²) >= 11 is 0. The van der Waals surface area contributed by atoms with Crippen molar-refractivity contribution in [3.63, 3.8) is 0 Å². The average Bonchev–Trinajstić information content (AvgIpc) is 2.65. The maximum Gasteiger partial charge on any atom is 0.326 e. The van der Waals surface area contributed by atoms with Crippen LogP contribution in [-0.4, -0.2) is 34.1 Å². The van der Waals surface area contributed by atoms with Gasteiger partial charge in [0.1, 0.15) is 11.8 Å². The third kappa shape index (κ3) is 4.38. The molecule has 8 heteroatoms. The van der Waals surface area contributed by atoms with Crippen LogP contribution >= 0.6 is 0 Å². The molecule has 0 bridgehead atoms. The second kappa shape index (κ2) is 6.69. The molecule has 1 rings (SSSR count). The van der Waals surface area contributed by atoms with Gasteiger partial charge in [0.05, 0.1) is 12.1 Å². The second-order valence-electron chi connectivity index (χ2n) is 4.44. The molecule has 0 fully saturated rings. The summed E-state index contributed by atoms with van der Waals surface area (Å²) in [6.45, 7) is 3.37. The molecular weight excluding hydrogens is 266 g/mol. The number of primary amides is 1. The van der Waals surface area contributed by atoms with E-state index in [1.54, 1.807) is 13.8 Å². The van der Waals surface area contributed by atoms with Crippen LogP contribution in [0.15, 0.2) is 4.52 Å². The highest BCUT2D eigenvalue weighted by molar-refractivity contribution is 5.85. The maximum absolute atomic E-state index is 11.8. The Bertz CT molecular complexity index is 504. The number of hydrogen-bond donors (Lipinski definition) is 3. The Morgan fingerprint density at radius 1 is 1.40 bits per heavy atom. The summed E-state index contributed by atoms with van der Waals surface area (Å²) in [6.07, 6.45) is -0.178. The van der Waals surface area contributed by atoms with Gasteiger partial charge in [-0.25, -0.2) is 4.79 Å². The van der Waals surface area contributed by atoms with Gasteiger partial charge in [0.15, 0.2) is 0 Å². The Kier molecular flexibility index (Phi) is 5.24. The highest BCUT2D eigenvalue weighted by atomic mass is 16.5. The monoisotopic (exact) mass is 283 g/mol. The van der Waals surface area contributed by atoms with E-state index < -0.39 is 23.8 Å². The lowest BCUT2D eigenvalue weighted by molar-refractivity contribution is -0.142. The number of carboxylic acids is 1. The first-order chi connectivity index (χ1) is 9.31. The van der Waals surface area contributed by atoms with Gasteiger partial charge in [-0.05, 0) is 20.3 Å². The summed E-state index contributed by atoms with van der Waals surface area (Å²) in [6, 6.07) is -1.14. The molecule has 0 aliphatic heterocycles. The first kappa shape index (κ1) is 15.7. The molecule has 0 saturated heterocycles. The van der Waals surface area contributed by atoms with E-state index in [9.17, 15) is 14.4 Å². The number of nitrogens with one attached hydrogen (secondary N) is 1. The lowest BCUT2D eigenvalue weighted by Crippen LogP contribution is -2.42. The van der Waals surface area contributed by atoms with Crippen LogP contribution in [0.3, 0.4) is 0 Å². The summed E-state index contributed by atoms with van der Waals surface area (Å²) in [5.74, 6) is -1.78. The summed E-state index contributed by atoms with van der Waals surface area (Å²) in [4.78, 5) is 33.5. The minimum absolute atomic E-state index is 0.0263. The Morgan fingerprint density at radius 2 is 2.05 bits per heavy atom. The number of hydrogen-bond acceptors (Lipinski definition) is 5. The minimum atomic E-state index is -1.21. The van der Waals surface area contributed by atoms with Crippen LogP contribution < -0.4 is 11.1 Å². The molecule has 4 N–H and O–H groups in total. The van der Waals surface area contributed by atoms with E-state index in [0.29, 0.717) is 17.0 Å². The van der Waals surface area contributed by atoms with Gasteiger partial charge in [0, 0.05) is 12.0 Å². The molecule has 0 radical (unpaired) electrons. The average molecular weight is 283 g/mol. The molecular formula is C12H17N3O5. The third-order valence-corrected chi connectivity index (χ3v) is 2.83. The Morgan fingerprint density at radius 3 is 2.50 bits per heavy atom. The molecule has 2 amide bonds. The van der Waals surface area contributed by atoms with Gasteiger partial charge in [0.2, 0.25) is 11.8 Å². The van der Waals surface area contributed by atoms with Crippen LogP contribution in [0.1, 0.15) is 29.9 Å². The van der Waals surface area contributed by atoms with Gasteiger partial charge in [0.25, 0.3) is 0 Å². The summed E-state index contributed by atoms with van der Waals surface area (Å²) in [7, 11) is 0. The standard InChI is InChI=1S/C12H17N3O5/c1-6-8(7(2)20-15-6)5-11(17)14-9(12(18)19)3-4-10(13)16/h9H,3-5H2,1-2H3,(H2,13,16)(H,14,17)(H,18,19)/t9-/m1/s1. The van der Waals surface area contributed by atoms with Gasteiger partial charge < -0.3 is 20.7 Å². The summed E-state index contributed by atoms with van der Waals surface area (Å²) in [5, 5.41) is 15.0. The molecule has 0 unspecified atom stereocenters. The highest BCUT2D eigenvalue weighted by Gasteiger charge is 2.22. The number of carboxylic acid groups (broad SMARTS) is 1. The first-order valence-corrected chi connectivity index (χ1v) is 6.03. The van der Waals surface area contributed by atoms with Crippen LogP contribution in [0.5, 0.6) is 0 Å². The maximum atomic E-state index is 11.8. The number of aliphatic carboxylic acids is 1. The van der Waals surface area contributed by atoms with E-state index in [1.165, 1.54) is 0 Å². The molecule has 1 aromatic rings. The predicted molar refractivity (Wildman–Crippen MR) is 67.7 cm³/mol. The molecule has 1 aromatic heterocycles. The van der Waals surface area contributed by atoms with Crippen molar-refractivity contribution in [1.82, 2.24) is 10.5 Å². The fraction of sp³-hybridized carbons (Fsp3) is 0.500. The Hall–Kier alpha value is -2.38. The van der Waals surface area contributed by atoms with Gasteiger partial charge in [-0.2, -0.15) is 0 Å². The zero-order valence-corrected chi connectivity index (χ0v) is 11.3. The van der Waals surface area contributed by atoms with E-state index >= 15 is 0 Å². The number of aromatic nitrogens is 1. The fourth-order valence-electron chi connectivity index (χ4n) is 1.70. The SMILES string of the molecule is Cc1noc(C)c1CC(=O)N[C@H](CCC(N)=O)C(=O)O. The largest absolute Gasteiger partial charge is 0.480 e. The molecule has 0 saturated carbocycles. The fourth-order valence-corrected chi connectivity index (χ4v) is 1.70.